The highest BCUT2D eigenvalue weighted by atomic mass is 32.1. The number of hydrogen-bond acceptors (Lipinski definition) is 3. The fourth-order valence-electron chi connectivity index (χ4n) is 6.19. The first-order valence-corrected chi connectivity index (χ1v) is 14.1. The van der Waals surface area contributed by atoms with Gasteiger partial charge in [-0.15, -0.1) is 11.3 Å². The third-order valence-electron chi connectivity index (χ3n) is 8.17. The van der Waals surface area contributed by atoms with Crippen molar-refractivity contribution in [1.29, 1.82) is 0 Å². The van der Waals surface area contributed by atoms with Gasteiger partial charge in [-0.05, 0) is 72.9 Å². The van der Waals surface area contributed by atoms with Crippen molar-refractivity contribution in [2.75, 3.05) is 19.6 Å². The molecule has 184 valence electrons. The van der Waals surface area contributed by atoms with Gasteiger partial charge in [0.2, 0.25) is 0 Å². The van der Waals surface area contributed by atoms with Gasteiger partial charge in [0.05, 0.1) is 0 Å². The topological polar surface area (TPSA) is 23.6 Å². The molecule has 0 spiro atoms. The highest BCUT2D eigenvalue weighted by molar-refractivity contribution is 7.10. The monoisotopic (exact) mass is 486 g/mol. The summed E-state index contributed by atoms with van der Waals surface area (Å²) < 4.78 is 0. The van der Waals surface area contributed by atoms with E-state index >= 15 is 0 Å². The van der Waals surface area contributed by atoms with Crippen LogP contribution in [0.2, 0.25) is 0 Å². The van der Waals surface area contributed by atoms with Crippen LogP contribution in [-0.4, -0.2) is 41.4 Å². The fourth-order valence-corrected chi connectivity index (χ4v) is 7.14. The van der Waals surface area contributed by atoms with Crippen molar-refractivity contribution in [2.24, 2.45) is 5.92 Å². The maximum absolute atomic E-state index is 13.8. The van der Waals surface area contributed by atoms with Crippen LogP contribution in [0.15, 0.2) is 66.0 Å². The molecule has 4 heteroatoms. The zero-order valence-corrected chi connectivity index (χ0v) is 22.0. The minimum Gasteiger partial charge on any atom is -0.335 e. The van der Waals surface area contributed by atoms with Gasteiger partial charge in [0.15, 0.2) is 0 Å². The number of hydrogen-bond donors (Lipinski definition) is 0. The Morgan fingerprint density at radius 1 is 0.914 bits per heavy atom. The summed E-state index contributed by atoms with van der Waals surface area (Å²) >= 11 is 1.87. The number of amides is 1. The Kier molecular flexibility index (Phi) is 7.69. The molecule has 1 saturated carbocycles. The first kappa shape index (κ1) is 24.3. The van der Waals surface area contributed by atoms with Crippen LogP contribution >= 0.6 is 11.3 Å². The largest absolute Gasteiger partial charge is 0.335 e. The second-order valence-corrected chi connectivity index (χ2v) is 11.6. The molecule has 2 atom stereocenters. The van der Waals surface area contributed by atoms with Gasteiger partial charge < -0.3 is 4.90 Å². The fraction of sp³-hybridized carbons (Fsp3) is 0.452. The molecule has 2 aliphatic rings. The molecule has 0 radical (unpaired) electrons. The third-order valence-corrected chi connectivity index (χ3v) is 9.18. The Morgan fingerprint density at radius 2 is 1.66 bits per heavy atom. The molecule has 1 aliphatic carbocycles. The van der Waals surface area contributed by atoms with E-state index in [0.717, 1.165) is 44.6 Å². The summed E-state index contributed by atoms with van der Waals surface area (Å²) in [5, 5.41) is 2.21. The molecule has 2 heterocycles. The lowest BCUT2D eigenvalue weighted by atomic mass is 9.85. The zero-order chi connectivity index (χ0) is 24.2. The maximum Gasteiger partial charge on any atom is 0.254 e. The van der Waals surface area contributed by atoms with E-state index in [1.807, 2.05) is 41.7 Å². The predicted octanol–water partition coefficient (Wildman–Crippen LogP) is 7.06. The molecule has 35 heavy (non-hydrogen) atoms. The summed E-state index contributed by atoms with van der Waals surface area (Å²) in [7, 11) is 0. The molecule has 3 nitrogen and oxygen atoms in total. The quantitative estimate of drug-likeness (QED) is 0.357. The number of carbonyl (C=O) groups is 1. The molecule has 1 aromatic heterocycles. The van der Waals surface area contributed by atoms with Crippen molar-refractivity contribution >= 4 is 17.2 Å². The molecule has 2 aromatic carbocycles. The number of benzene rings is 2. The van der Waals surface area contributed by atoms with E-state index < -0.39 is 0 Å². The van der Waals surface area contributed by atoms with E-state index in [4.69, 9.17) is 0 Å². The van der Waals surface area contributed by atoms with Crippen LogP contribution in [0.3, 0.4) is 0 Å². The molecular weight excluding hydrogens is 448 g/mol. The van der Waals surface area contributed by atoms with Crippen LogP contribution in [-0.2, 0) is 6.54 Å². The second kappa shape index (κ2) is 11.1. The van der Waals surface area contributed by atoms with Gasteiger partial charge in [-0.2, -0.15) is 0 Å². The first-order valence-electron chi connectivity index (χ1n) is 13.3. The molecule has 5 rings (SSSR count). The molecule has 2 fully saturated rings. The minimum absolute atomic E-state index is 0.216. The lowest BCUT2D eigenvalue weighted by molar-refractivity contribution is 0.0588. The molecule has 1 saturated heterocycles. The Bertz CT molecular complexity index is 1120. The average molecular weight is 487 g/mol. The highest BCUT2D eigenvalue weighted by Crippen LogP contribution is 2.37. The number of nitrogens with zero attached hydrogens (tertiary/aromatic N) is 2. The van der Waals surface area contributed by atoms with Crippen molar-refractivity contribution in [3.05, 3.63) is 93.2 Å². The summed E-state index contributed by atoms with van der Waals surface area (Å²) in [5.74, 6) is 1.10. The predicted molar refractivity (Wildman–Crippen MR) is 146 cm³/mol. The van der Waals surface area contributed by atoms with E-state index in [1.165, 1.54) is 40.8 Å². The third kappa shape index (κ3) is 5.54. The molecule has 0 unspecified atom stereocenters. The summed E-state index contributed by atoms with van der Waals surface area (Å²) in [6.07, 6.45) is 6.04. The van der Waals surface area contributed by atoms with E-state index in [0.29, 0.717) is 17.9 Å². The summed E-state index contributed by atoms with van der Waals surface area (Å²) in [6.45, 7) is 8.43. The van der Waals surface area contributed by atoms with Gasteiger partial charge in [-0.1, -0.05) is 61.7 Å². The average Bonchev–Trinajstić information content (AvgIpc) is 3.49. The lowest BCUT2D eigenvalue weighted by Crippen LogP contribution is -2.45. The van der Waals surface area contributed by atoms with Crippen molar-refractivity contribution < 1.29 is 4.79 Å². The number of rotatable bonds is 7. The van der Waals surface area contributed by atoms with E-state index in [2.05, 4.69) is 59.4 Å². The molecular formula is C31H38N2OS. The van der Waals surface area contributed by atoms with E-state index in [9.17, 15) is 4.79 Å². The van der Waals surface area contributed by atoms with Gasteiger partial charge in [-0.25, -0.2) is 0 Å². The van der Waals surface area contributed by atoms with Crippen molar-refractivity contribution in [3.63, 3.8) is 0 Å². The van der Waals surface area contributed by atoms with Gasteiger partial charge >= 0.3 is 0 Å². The van der Waals surface area contributed by atoms with Crippen molar-refractivity contribution in [3.8, 4) is 0 Å². The Morgan fingerprint density at radius 3 is 2.37 bits per heavy atom. The standard InChI is InChI=1S/C31H38N2OS/c1-23-11-9-10-16-28(23)29-21-32(22-30-24(2)17-18-35-30)19-26(29)20-33(27-14-7-4-8-15-27)31(34)25-12-5-3-6-13-25/h3,5-6,9-13,16-18,26-27,29H,4,7-8,14-15,19-22H2,1-2H3/t26-,29-/m0/s1. The maximum atomic E-state index is 13.8. The Balaban J connectivity index is 1.43. The molecule has 0 bridgehead atoms. The van der Waals surface area contributed by atoms with Crippen LogP contribution in [0.25, 0.3) is 0 Å². The van der Waals surface area contributed by atoms with Crippen molar-refractivity contribution in [1.82, 2.24) is 9.80 Å². The number of aryl methyl sites for hydroxylation is 2. The molecule has 3 aromatic rings. The van der Waals surface area contributed by atoms with Crippen LogP contribution in [0.1, 0.15) is 69.9 Å². The van der Waals surface area contributed by atoms with Crippen LogP contribution in [0.4, 0.5) is 0 Å². The van der Waals surface area contributed by atoms with Gasteiger partial charge in [-0.3, -0.25) is 9.69 Å². The summed E-state index contributed by atoms with van der Waals surface area (Å²) in [4.78, 5) is 20.2. The number of thiophene rings is 1. The van der Waals surface area contributed by atoms with E-state index in [-0.39, 0.29) is 5.91 Å². The number of likely N-dealkylation sites (tertiary alicyclic amines) is 1. The van der Waals surface area contributed by atoms with E-state index in [1.54, 1.807) is 0 Å². The van der Waals surface area contributed by atoms with Crippen LogP contribution < -0.4 is 0 Å². The SMILES string of the molecule is Cc1ccccc1[C@H]1CN(Cc2sccc2C)C[C@H]1CN(C(=O)c1ccccc1)C1CCCCC1. The normalized spacial score (nSPS) is 21.3. The summed E-state index contributed by atoms with van der Waals surface area (Å²) in [5.41, 5.74) is 5.05. The second-order valence-electron chi connectivity index (χ2n) is 10.6. The van der Waals surface area contributed by atoms with Crippen molar-refractivity contribution in [2.45, 2.75) is 64.5 Å². The molecule has 1 aliphatic heterocycles. The zero-order valence-electron chi connectivity index (χ0n) is 21.2. The molecule has 0 N–H and O–H groups in total. The Labute approximate surface area is 214 Å². The van der Waals surface area contributed by atoms with Gasteiger partial charge in [0.1, 0.15) is 0 Å². The number of carbonyl (C=O) groups excluding carboxylic acids is 1. The molecule has 1 amide bonds. The highest BCUT2D eigenvalue weighted by Gasteiger charge is 2.38. The first-order chi connectivity index (χ1) is 17.1. The lowest BCUT2D eigenvalue weighted by Gasteiger charge is -2.37. The van der Waals surface area contributed by atoms with Crippen LogP contribution in [0, 0.1) is 19.8 Å². The van der Waals surface area contributed by atoms with Crippen LogP contribution in [0.5, 0.6) is 0 Å². The smallest absolute Gasteiger partial charge is 0.254 e. The minimum atomic E-state index is 0.216. The summed E-state index contributed by atoms with van der Waals surface area (Å²) in [6, 6.07) is 21.4. The Hall–Kier alpha value is -2.43. The van der Waals surface area contributed by atoms with Gasteiger partial charge in [0, 0.05) is 48.6 Å². The van der Waals surface area contributed by atoms with Gasteiger partial charge in [0.25, 0.3) is 5.91 Å².